The van der Waals surface area contributed by atoms with Crippen LogP contribution < -0.4 is 0 Å². The molecule has 0 aromatic heterocycles. The van der Waals surface area contributed by atoms with Crippen LogP contribution in [0.2, 0.25) is 0 Å². The number of oxime groups is 1. The Hall–Kier alpha value is -0.860. The molecule has 0 saturated heterocycles. The van der Waals surface area contributed by atoms with Crippen molar-refractivity contribution in [1.82, 2.24) is 0 Å². The second-order valence-corrected chi connectivity index (χ2v) is 4.40. The first-order valence-corrected chi connectivity index (χ1v) is 5.89. The molecule has 1 rings (SSSR count). The fourth-order valence-corrected chi connectivity index (χ4v) is 2.16. The fourth-order valence-electron chi connectivity index (χ4n) is 2.16. The van der Waals surface area contributed by atoms with Crippen LogP contribution in [-0.2, 0) is 9.63 Å². The molecule has 0 bridgehead atoms. The predicted octanol–water partition coefficient (Wildman–Crippen LogP) is 3.14. The highest BCUT2D eigenvalue weighted by atomic mass is 16.7. The summed E-state index contributed by atoms with van der Waals surface area (Å²) < 4.78 is 0. The van der Waals surface area contributed by atoms with Gasteiger partial charge in [0, 0.05) is 12.8 Å². The summed E-state index contributed by atoms with van der Waals surface area (Å²) in [5.74, 6) is 0.832. The molecular formula is C12H21NO2. The summed E-state index contributed by atoms with van der Waals surface area (Å²) in [7, 11) is 0. The third-order valence-corrected chi connectivity index (χ3v) is 3.25. The van der Waals surface area contributed by atoms with E-state index in [2.05, 4.69) is 19.0 Å². The zero-order valence-corrected chi connectivity index (χ0v) is 9.95. The van der Waals surface area contributed by atoms with E-state index in [1.54, 1.807) is 0 Å². The molecule has 0 aromatic rings. The van der Waals surface area contributed by atoms with E-state index in [0.29, 0.717) is 11.8 Å². The molecule has 1 aliphatic rings. The van der Waals surface area contributed by atoms with Crippen molar-refractivity contribution in [2.45, 2.75) is 52.9 Å². The highest BCUT2D eigenvalue weighted by Gasteiger charge is 2.25. The highest BCUT2D eigenvalue weighted by Crippen LogP contribution is 2.29. The first-order chi connectivity index (χ1) is 7.15. The number of nitrogens with zero attached hydrogens (tertiary/aromatic N) is 1. The molecule has 15 heavy (non-hydrogen) atoms. The molecule has 0 N–H and O–H groups in total. The van der Waals surface area contributed by atoms with E-state index in [1.165, 1.54) is 26.2 Å². The topological polar surface area (TPSA) is 38.7 Å². The Bertz CT molecular complexity index is 248. The van der Waals surface area contributed by atoms with E-state index < -0.39 is 0 Å². The number of hydrogen-bond donors (Lipinski definition) is 0. The van der Waals surface area contributed by atoms with Crippen LogP contribution in [0.3, 0.4) is 0 Å². The van der Waals surface area contributed by atoms with E-state index in [-0.39, 0.29) is 5.97 Å². The minimum atomic E-state index is -0.323. The Labute approximate surface area is 91.9 Å². The number of hydrogen-bond acceptors (Lipinski definition) is 3. The van der Waals surface area contributed by atoms with Gasteiger partial charge in [-0.1, -0.05) is 31.8 Å². The fraction of sp³-hybridized carbons (Fsp3) is 0.833. The largest absolute Gasteiger partial charge is 0.331 e. The van der Waals surface area contributed by atoms with Gasteiger partial charge in [-0.15, -0.1) is 0 Å². The van der Waals surface area contributed by atoms with Crippen molar-refractivity contribution in [3.05, 3.63) is 0 Å². The molecule has 1 fully saturated rings. The van der Waals surface area contributed by atoms with Gasteiger partial charge >= 0.3 is 5.97 Å². The number of carbonyl (C=O) groups is 1. The lowest BCUT2D eigenvalue weighted by atomic mass is 9.78. The van der Waals surface area contributed by atoms with E-state index >= 15 is 0 Å². The standard InChI is InChI=1S/C12H21NO2/c1-4-9(2)11-7-5-6-8-12(11)13-15-10(3)14/h9,11H,4-8H2,1-3H3. The zero-order chi connectivity index (χ0) is 11.3. The SMILES string of the molecule is CCC(C)C1CCCCC1=NOC(C)=O. The molecule has 3 nitrogen and oxygen atoms in total. The van der Waals surface area contributed by atoms with Gasteiger partial charge in [0.1, 0.15) is 0 Å². The predicted molar refractivity (Wildman–Crippen MR) is 60.6 cm³/mol. The van der Waals surface area contributed by atoms with Crippen LogP contribution in [0.1, 0.15) is 52.9 Å². The number of rotatable bonds is 3. The summed E-state index contributed by atoms with van der Waals surface area (Å²) in [5.41, 5.74) is 1.09. The average molecular weight is 211 g/mol. The zero-order valence-electron chi connectivity index (χ0n) is 9.95. The van der Waals surface area contributed by atoms with Crippen molar-refractivity contribution >= 4 is 11.7 Å². The normalized spacial score (nSPS) is 26.3. The third-order valence-electron chi connectivity index (χ3n) is 3.25. The maximum absolute atomic E-state index is 10.7. The van der Waals surface area contributed by atoms with Crippen molar-refractivity contribution < 1.29 is 9.63 Å². The molecule has 0 aliphatic heterocycles. The lowest BCUT2D eigenvalue weighted by molar-refractivity contribution is -0.141. The Morgan fingerprint density at radius 2 is 2.33 bits per heavy atom. The second kappa shape index (κ2) is 5.89. The van der Waals surface area contributed by atoms with Crippen molar-refractivity contribution in [3.63, 3.8) is 0 Å². The average Bonchev–Trinajstić information content (AvgIpc) is 2.25. The molecule has 0 spiro atoms. The summed E-state index contributed by atoms with van der Waals surface area (Å²) in [6, 6.07) is 0. The number of carbonyl (C=O) groups excluding carboxylic acids is 1. The van der Waals surface area contributed by atoms with Crippen molar-refractivity contribution in [2.24, 2.45) is 17.0 Å². The molecule has 0 heterocycles. The Morgan fingerprint density at radius 3 is 2.93 bits per heavy atom. The Kier molecular flexibility index (Phi) is 4.79. The van der Waals surface area contributed by atoms with Crippen LogP contribution in [0.25, 0.3) is 0 Å². The first-order valence-electron chi connectivity index (χ1n) is 5.89. The lowest BCUT2D eigenvalue weighted by Gasteiger charge is -2.27. The lowest BCUT2D eigenvalue weighted by Crippen LogP contribution is -2.25. The summed E-state index contributed by atoms with van der Waals surface area (Å²) in [5, 5.41) is 4.00. The van der Waals surface area contributed by atoms with Crippen LogP contribution in [0.15, 0.2) is 5.16 Å². The molecule has 1 saturated carbocycles. The monoisotopic (exact) mass is 211 g/mol. The minimum Gasteiger partial charge on any atom is -0.319 e. The quantitative estimate of drug-likeness (QED) is 0.531. The van der Waals surface area contributed by atoms with Crippen LogP contribution in [-0.4, -0.2) is 11.7 Å². The Morgan fingerprint density at radius 1 is 1.60 bits per heavy atom. The summed E-state index contributed by atoms with van der Waals surface area (Å²) in [6.45, 7) is 5.84. The minimum absolute atomic E-state index is 0.323. The van der Waals surface area contributed by atoms with Crippen LogP contribution >= 0.6 is 0 Å². The third kappa shape index (κ3) is 3.65. The highest BCUT2D eigenvalue weighted by molar-refractivity contribution is 5.87. The molecule has 0 aromatic carbocycles. The van der Waals surface area contributed by atoms with Crippen molar-refractivity contribution in [1.29, 1.82) is 0 Å². The van der Waals surface area contributed by atoms with Gasteiger partial charge < -0.3 is 4.84 Å². The summed E-state index contributed by atoms with van der Waals surface area (Å²) in [6.07, 6.45) is 5.78. The van der Waals surface area contributed by atoms with Gasteiger partial charge in [-0.25, -0.2) is 4.79 Å². The molecular weight excluding hydrogens is 190 g/mol. The van der Waals surface area contributed by atoms with Crippen LogP contribution in [0.4, 0.5) is 0 Å². The van der Waals surface area contributed by atoms with Gasteiger partial charge in [0.05, 0.1) is 5.71 Å². The first kappa shape index (κ1) is 12.2. The van der Waals surface area contributed by atoms with E-state index in [9.17, 15) is 4.79 Å². The maximum atomic E-state index is 10.7. The van der Waals surface area contributed by atoms with Gasteiger partial charge in [0.25, 0.3) is 0 Å². The van der Waals surface area contributed by atoms with E-state index in [4.69, 9.17) is 4.84 Å². The van der Waals surface area contributed by atoms with Gasteiger partial charge in [-0.2, -0.15) is 0 Å². The second-order valence-electron chi connectivity index (χ2n) is 4.40. The molecule has 1 aliphatic carbocycles. The molecule has 0 radical (unpaired) electrons. The molecule has 3 heteroatoms. The van der Waals surface area contributed by atoms with E-state index in [1.807, 2.05) is 0 Å². The maximum Gasteiger partial charge on any atom is 0.331 e. The smallest absolute Gasteiger partial charge is 0.319 e. The van der Waals surface area contributed by atoms with Crippen LogP contribution in [0, 0.1) is 11.8 Å². The summed E-state index contributed by atoms with van der Waals surface area (Å²) >= 11 is 0. The summed E-state index contributed by atoms with van der Waals surface area (Å²) in [4.78, 5) is 15.5. The van der Waals surface area contributed by atoms with Gasteiger partial charge in [-0.05, 0) is 25.2 Å². The van der Waals surface area contributed by atoms with Crippen molar-refractivity contribution in [2.75, 3.05) is 0 Å². The molecule has 2 unspecified atom stereocenters. The molecule has 2 atom stereocenters. The van der Waals surface area contributed by atoms with Gasteiger partial charge in [0.2, 0.25) is 0 Å². The van der Waals surface area contributed by atoms with Crippen LogP contribution in [0.5, 0.6) is 0 Å². The van der Waals surface area contributed by atoms with Crippen molar-refractivity contribution in [3.8, 4) is 0 Å². The molecule has 86 valence electrons. The Balaban J connectivity index is 2.64. The van der Waals surface area contributed by atoms with Gasteiger partial charge in [-0.3, -0.25) is 0 Å². The van der Waals surface area contributed by atoms with Gasteiger partial charge in [0.15, 0.2) is 0 Å². The van der Waals surface area contributed by atoms with E-state index in [0.717, 1.165) is 18.6 Å². The molecule has 0 amide bonds.